The zero-order chi connectivity index (χ0) is 6.57. The molecule has 0 saturated carbocycles. The van der Waals surface area contributed by atoms with Crippen molar-refractivity contribution in [2.24, 2.45) is 11.5 Å². The van der Waals surface area contributed by atoms with Crippen LogP contribution in [0, 0.1) is 0 Å². The molecule has 4 N–H and O–H groups in total. The molecule has 0 saturated heterocycles. The fourth-order valence-electron chi connectivity index (χ4n) is 0.544. The third-order valence-corrected chi connectivity index (χ3v) is 0.902. The fraction of sp³-hybridized carbons (Fsp3) is 1.00. The predicted octanol–water partition coefficient (Wildman–Crippen LogP) is -1.17. The van der Waals surface area contributed by atoms with Crippen LogP contribution in [0.2, 0.25) is 0 Å². The van der Waals surface area contributed by atoms with Gasteiger partial charge in [-0.15, -0.1) is 0 Å². The smallest absolute Gasteiger partial charge is 0.0292 e. The summed E-state index contributed by atoms with van der Waals surface area (Å²) in [5.41, 5.74) is 10.8. The first kappa shape index (κ1) is 7.88. The van der Waals surface area contributed by atoms with E-state index in [-0.39, 0.29) is 6.04 Å². The molecular weight excluding hydrogens is 102 g/mol. The summed E-state index contributed by atoms with van der Waals surface area (Å²) in [6.45, 7) is 1.44. The van der Waals surface area contributed by atoms with E-state index < -0.39 is 0 Å². The second-order valence-electron chi connectivity index (χ2n) is 2.26. The second kappa shape index (κ2) is 3.83. The van der Waals surface area contributed by atoms with Crippen LogP contribution in [0.3, 0.4) is 0 Å². The molecule has 0 heterocycles. The molecule has 0 rings (SSSR count). The highest BCUT2D eigenvalue weighted by Crippen LogP contribution is 1.76. The van der Waals surface area contributed by atoms with Gasteiger partial charge in [-0.05, 0) is 14.1 Å². The molecular formula is C5H15N3. The maximum Gasteiger partial charge on any atom is 0.0292 e. The van der Waals surface area contributed by atoms with E-state index in [0.717, 1.165) is 6.54 Å². The van der Waals surface area contributed by atoms with Crippen molar-refractivity contribution >= 4 is 0 Å². The summed E-state index contributed by atoms with van der Waals surface area (Å²) in [7, 11) is 3.96. The first-order chi connectivity index (χ1) is 3.66. The summed E-state index contributed by atoms with van der Waals surface area (Å²) < 4.78 is 0. The molecule has 1 atom stereocenters. The topological polar surface area (TPSA) is 55.3 Å². The highest BCUT2D eigenvalue weighted by atomic mass is 15.1. The summed E-state index contributed by atoms with van der Waals surface area (Å²) in [6.07, 6.45) is 0. The number of hydrogen-bond acceptors (Lipinski definition) is 3. The van der Waals surface area contributed by atoms with Crippen LogP contribution in [-0.4, -0.2) is 38.1 Å². The molecule has 0 aromatic carbocycles. The SMILES string of the molecule is CN(C)C[C@@H](N)CN. The van der Waals surface area contributed by atoms with E-state index in [1.807, 2.05) is 19.0 Å². The van der Waals surface area contributed by atoms with Gasteiger partial charge in [0.15, 0.2) is 0 Å². The van der Waals surface area contributed by atoms with Gasteiger partial charge in [0.1, 0.15) is 0 Å². The molecule has 3 nitrogen and oxygen atoms in total. The normalized spacial score (nSPS) is 14.6. The molecule has 0 spiro atoms. The minimum Gasteiger partial charge on any atom is -0.329 e. The van der Waals surface area contributed by atoms with Gasteiger partial charge in [-0.3, -0.25) is 0 Å². The highest BCUT2D eigenvalue weighted by molar-refractivity contribution is 4.63. The van der Waals surface area contributed by atoms with Crippen molar-refractivity contribution in [3.05, 3.63) is 0 Å². The Morgan fingerprint density at radius 3 is 2.12 bits per heavy atom. The molecule has 0 aromatic rings. The van der Waals surface area contributed by atoms with Crippen molar-refractivity contribution in [3.8, 4) is 0 Å². The van der Waals surface area contributed by atoms with Crippen molar-refractivity contribution in [1.29, 1.82) is 0 Å². The van der Waals surface area contributed by atoms with Gasteiger partial charge in [-0.1, -0.05) is 0 Å². The summed E-state index contributed by atoms with van der Waals surface area (Å²) in [5, 5.41) is 0. The Kier molecular flexibility index (Phi) is 3.77. The molecule has 0 amide bonds. The number of nitrogens with two attached hydrogens (primary N) is 2. The zero-order valence-corrected chi connectivity index (χ0v) is 5.59. The Bertz CT molecular complexity index is 53.6. The maximum absolute atomic E-state index is 5.51. The molecule has 0 aliphatic carbocycles. The lowest BCUT2D eigenvalue weighted by Gasteiger charge is -2.13. The quantitative estimate of drug-likeness (QED) is 0.490. The monoisotopic (exact) mass is 117 g/mol. The average molecular weight is 117 g/mol. The predicted molar refractivity (Wildman–Crippen MR) is 35.6 cm³/mol. The van der Waals surface area contributed by atoms with Crippen LogP contribution in [0.4, 0.5) is 0 Å². The van der Waals surface area contributed by atoms with Crippen LogP contribution in [-0.2, 0) is 0 Å². The van der Waals surface area contributed by atoms with E-state index in [4.69, 9.17) is 11.5 Å². The van der Waals surface area contributed by atoms with Gasteiger partial charge in [-0.2, -0.15) is 0 Å². The van der Waals surface area contributed by atoms with Gasteiger partial charge in [0, 0.05) is 19.1 Å². The van der Waals surface area contributed by atoms with Crippen LogP contribution < -0.4 is 11.5 Å². The van der Waals surface area contributed by atoms with Gasteiger partial charge in [0.25, 0.3) is 0 Å². The molecule has 0 unspecified atom stereocenters. The van der Waals surface area contributed by atoms with Crippen molar-refractivity contribution in [1.82, 2.24) is 4.90 Å². The van der Waals surface area contributed by atoms with Crippen molar-refractivity contribution in [3.63, 3.8) is 0 Å². The van der Waals surface area contributed by atoms with Gasteiger partial charge < -0.3 is 16.4 Å². The van der Waals surface area contributed by atoms with E-state index in [1.54, 1.807) is 0 Å². The van der Waals surface area contributed by atoms with Gasteiger partial charge in [0.05, 0.1) is 0 Å². The number of likely N-dealkylation sites (N-methyl/N-ethyl adjacent to an activating group) is 1. The first-order valence-electron chi connectivity index (χ1n) is 2.77. The molecule has 3 heteroatoms. The summed E-state index contributed by atoms with van der Waals surface area (Å²) in [5.74, 6) is 0. The lowest BCUT2D eigenvalue weighted by atomic mass is 10.3. The minimum atomic E-state index is 0.130. The number of nitrogens with zero attached hydrogens (tertiary/aromatic N) is 1. The highest BCUT2D eigenvalue weighted by Gasteiger charge is 1.98. The first-order valence-corrected chi connectivity index (χ1v) is 2.77. The largest absolute Gasteiger partial charge is 0.329 e. The van der Waals surface area contributed by atoms with Crippen LogP contribution in [0.15, 0.2) is 0 Å². The van der Waals surface area contributed by atoms with Gasteiger partial charge >= 0.3 is 0 Å². The van der Waals surface area contributed by atoms with Crippen molar-refractivity contribution < 1.29 is 0 Å². The van der Waals surface area contributed by atoms with Crippen molar-refractivity contribution in [2.45, 2.75) is 6.04 Å². The molecule has 0 bridgehead atoms. The van der Waals surface area contributed by atoms with E-state index >= 15 is 0 Å². The van der Waals surface area contributed by atoms with E-state index in [0.29, 0.717) is 6.54 Å². The number of hydrogen-bond donors (Lipinski definition) is 2. The third-order valence-electron chi connectivity index (χ3n) is 0.902. The lowest BCUT2D eigenvalue weighted by Crippen LogP contribution is -2.39. The lowest BCUT2D eigenvalue weighted by molar-refractivity contribution is 0.375. The fourth-order valence-corrected chi connectivity index (χ4v) is 0.544. The Balaban J connectivity index is 3.10. The minimum absolute atomic E-state index is 0.130. The van der Waals surface area contributed by atoms with Gasteiger partial charge in [-0.25, -0.2) is 0 Å². The van der Waals surface area contributed by atoms with Gasteiger partial charge in [0.2, 0.25) is 0 Å². The Morgan fingerprint density at radius 2 is 2.00 bits per heavy atom. The standard InChI is InChI=1S/C5H15N3/c1-8(2)4-5(7)3-6/h5H,3-4,6-7H2,1-2H3/t5-/m0/s1. The van der Waals surface area contributed by atoms with E-state index in [9.17, 15) is 0 Å². The second-order valence-corrected chi connectivity index (χ2v) is 2.26. The molecule has 50 valence electrons. The Hall–Kier alpha value is -0.120. The van der Waals surface area contributed by atoms with Crippen molar-refractivity contribution in [2.75, 3.05) is 27.2 Å². The van der Waals surface area contributed by atoms with E-state index in [1.165, 1.54) is 0 Å². The van der Waals surface area contributed by atoms with E-state index in [2.05, 4.69) is 0 Å². The summed E-state index contributed by atoms with van der Waals surface area (Å²) in [4.78, 5) is 2.03. The number of rotatable bonds is 3. The zero-order valence-electron chi connectivity index (χ0n) is 5.59. The summed E-state index contributed by atoms with van der Waals surface area (Å²) in [6, 6.07) is 0.130. The van der Waals surface area contributed by atoms with Crippen LogP contribution in [0.5, 0.6) is 0 Å². The molecule has 0 aliphatic rings. The third kappa shape index (κ3) is 4.05. The van der Waals surface area contributed by atoms with Crippen LogP contribution >= 0.6 is 0 Å². The van der Waals surface area contributed by atoms with Crippen LogP contribution in [0.1, 0.15) is 0 Å². The van der Waals surface area contributed by atoms with Crippen LogP contribution in [0.25, 0.3) is 0 Å². The Morgan fingerprint density at radius 1 is 1.50 bits per heavy atom. The molecule has 0 fully saturated rings. The average Bonchev–Trinajstić information content (AvgIpc) is 1.65. The molecule has 0 aliphatic heterocycles. The Labute approximate surface area is 50.6 Å². The maximum atomic E-state index is 5.51. The molecule has 0 aromatic heterocycles. The molecule has 0 radical (unpaired) electrons. The summed E-state index contributed by atoms with van der Waals surface area (Å²) >= 11 is 0. The molecule has 8 heavy (non-hydrogen) atoms.